The van der Waals surface area contributed by atoms with Crippen molar-refractivity contribution in [2.75, 3.05) is 39.6 Å². The maximum atomic E-state index is 8.33. The van der Waals surface area contributed by atoms with E-state index in [1.807, 2.05) is 0 Å². The average molecular weight is 180 g/mol. The van der Waals surface area contributed by atoms with Gasteiger partial charge in [-0.1, -0.05) is 0 Å². The van der Waals surface area contributed by atoms with Gasteiger partial charge in [-0.05, 0) is 6.42 Å². The predicted molar refractivity (Wildman–Crippen MR) is 41.5 cm³/mol. The van der Waals surface area contributed by atoms with Crippen molar-refractivity contribution in [2.24, 2.45) is 0 Å². The molecular formula is C7H16O5. The van der Waals surface area contributed by atoms with E-state index >= 15 is 0 Å². The predicted octanol–water partition coefficient (Wildman–Crippen LogP) is -0.674. The fourth-order valence-electron chi connectivity index (χ4n) is 0.542. The zero-order valence-corrected chi connectivity index (χ0v) is 7.07. The second-order valence-corrected chi connectivity index (χ2v) is 2.06. The highest BCUT2D eigenvalue weighted by atomic mass is 17.2. The van der Waals surface area contributed by atoms with Gasteiger partial charge in [0.1, 0.15) is 6.61 Å². The number of hydrogen-bond acceptors (Lipinski definition) is 5. The molecule has 0 heterocycles. The van der Waals surface area contributed by atoms with Gasteiger partial charge >= 0.3 is 0 Å². The standard InChI is InChI=1S/C7H16O5/c8-2-6-10-4-1-5-11-12-7-3-9/h8-9H,1-7H2. The summed E-state index contributed by atoms with van der Waals surface area (Å²) in [4.78, 5) is 9.19. The van der Waals surface area contributed by atoms with Crippen molar-refractivity contribution >= 4 is 0 Å². The van der Waals surface area contributed by atoms with Crippen LogP contribution >= 0.6 is 0 Å². The number of rotatable bonds is 9. The Kier molecular flexibility index (Phi) is 10.6. The largest absolute Gasteiger partial charge is 0.394 e. The molecule has 0 aromatic rings. The van der Waals surface area contributed by atoms with Crippen LogP contribution in [0.5, 0.6) is 0 Å². The van der Waals surface area contributed by atoms with Gasteiger partial charge in [0.25, 0.3) is 0 Å². The third-order valence-corrected chi connectivity index (χ3v) is 1.01. The molecule has 5 heteroatoms. The van der Waals surface area contributed by atoms with Crippen LogP contribution in [0.2, 0.25) is 0 Å². The lowest BCUT2D eigenvalue weighted by atomic mass is 10.5. The molecule has 0 aliphatic carbocycles. The van der Waals surface area contributed by atoms with Gasteiger partial charge in [0.15, 0.2) is 0 Å². The molecular weight excluding hydrogens is 164 g/mol. The van der Waals surface area contributed by atoms with E-state index in [1.165, 1.54) is 0 Å². The Morgan fingerprint density at radius 2 is 1.42 bits per heavy atom. The highest BCUT2D eigenvalue weighted by Gasteiger charge is 1.90. The van der Waals surface area contributed by atoms with Crippen LogP contribution in [0, 0.1) is 0 Å². The minimum Gasteiger partial charge on any atom is -0.394 e. The molecule has 12 heavy (non-hydrogen) atoms. The monoisotopic (exact) mass is 180 g/mol. The van der Waals surface area contributed by atoms with Crippen LogP contribution < -0.4 is 0 Å². The first-order valence-corrected chi connectivity index (χ1v) is 3.95. The second-order valence-electron chi connectivity index (χ2n) is 2.06. The Bertz CT molecular complexity index is 68.2. The van der Waals surface area contributed by atoms with Crippen molar-refractivity contribution in [2.45, 2.75) is 6.42 Å². The fourth-order valence-corrected chi connectivity index (χ4v) is 0.542. The van der Waals surface area contributed by atoms with Gasteiger partial charge in [-0.15, -0.1) is 0 Å². The van der Waals surface area contributed by atoms with Crippen molar-refractivity contribution in [1.82, 2.24) is 0 Å². The quantitative estimate of drug-likeness (QED) is 0.280. The number of aliphatic hydroxyl groups is 2. The van der Waals surface area contributed by atoms with Crippen LogP contribution in [0.15, 0.2) is 0 Å². The Morgan fingerprint density at radius 1 is 0.750 bits per heavy atom. The summed E-state index contributed by atoms with van der Waals surface area (Å²) in [5.41, 5.74) is 0. The summed E-state index contributed by atoms with van der Waals surface area (Å²) in [6.07, 6.45) is 0.714. The number of hydrogen-bond donors (Lipinski definition) is 2. The molecule has 0 aliphatic rings. The average Bonchev–Trinajstić information content (AvgIpc) is 2.10. The van der Waals surface area contributed by atoms with Gasteiger partial charge in [0.2, 0.25) is 0 Å². The summed E-state index contributed by atoms with van der Waals surface area (Å²) in [5, 5.41) is 16.6. The molecule has 5 nitrogen and oxygen atoms in total. The van der Waals surface area contributed by atoms with E-state index in [0.29, 0.717) is 26.2 Å². The zero-order valence-electron chi connectivity index (χ0n) is 7.07. The summed E-state index contributed by atoms with van der Waals surface area (Å²) in [6.45, 7) is 1.53. The molecule has 0 saturated heterocycles. The molecule has 0 unspecified atom stereocenters. The minimum atomic E-state index is -0.0407. The SMILES string of the molecule is OCCOCCCOOCCO. The smallest absolute Gasteiger partial charge is 0.105 e. The van der Waals surface area contributed by atoms with E-state index < -0.39 is 0 Å². The second kappa shape index (κ2) is 10.8. The summed E-state index contributed by atoms with van der Waals surface area (Å²) < 4.78 is 4.95. The van der Waals surface area contributed by atoms with Crippen LogP contribution in [-0.4, -0.2) is 49.9 Å². The van der Waals surface area contributed by atoms with Crippen LogP contribution in [0.1, 0.15) is 6.42 Å². The Balaban J connectivity index is 2.73. The molecule has 74 valence electrons. The maximum Gasteiger partial charge on any atom is 0.105 e. The molecule has 0 aromatic carbocycles. The lowest BCUT2D eigenvalue weighted by molar-refractivity contribution is -0.298. The fraction of sp³-hybridized carbons (Fsp3) is 1.00. The zero-order chi connectivity index (χ0) is 9.07. The van der Waals surface area contributed by atoms with Crippen LogP contribution in [-0.2, 0) is 14.5 Å². The van der Waals surface area contributed by atoms with Crippen molar-refractivity contribution in [3.05, 3.63) is 0 Å². The van der Waals surface area contributed by atoms with E-state index in [0.717, 1.165) is 0 Å². The molecule has 0 radical (unpaired) electrons. The van der Waals surface area contributed by atoms with Gasteiger partial charge < -0.3 is 14.9 Å². The first kappa shape index (κ1) is 11.8. The van der Waals surface area contributed by atoms with Crippen molar-refractivity contribution < 1.29 is 24.7 Å². The summed E-state index contributed by atoms with van der Waals surface area (Å²) >= 11 is 0. The lowest BCUT2D eigenvalue weighted by Gasteiger charge is -2.02. The summed E-state index contributed by atoms with van der Waals surface area (Å²) in [7, 11) is 0. The van der Waals surface area contributed by atoms with Crippen molar-refractivity contribution in [3.8, 4) is 0 Å². The first-order chi connectivity index (χ1) is 5.91. The molecule has 0 aliphatic heterocycles. The molecule has 0 fully saturated rings. The molecule has 0 rings (SSSR count). The van der Waals surface area contributed by atoms with E-state index in [2.05, 4.69) is 9.78 Å². The van der Waals surface area contributed by atoms with Gasteiger partial charge in [0.05, 0.1) is 26.4 Å². The van der Waals surface area contributed by atoms with Crippen LogP contribution in [0.25, 0.3) is 0 Å². The minimum absolute atomic E-state index is 0.0407. The van der Waals surface area contributed by atoms with E-state index in [1.54, 1.807) is 0 Å². The van der Waals surface area contributed by atoms with Crippen molar-refractivity contribution in [1.29, 1.82) is 0 Å². The first-order valence-electron chi connectivity index (χ1n) is 3.95. The third kappa shape index (κ3) is 9.80. The third-order valence-electron chi connectivity index (χ3n) is 1.01. The molecule has 0 bridgehead atoms. The van der Waals surface area contributed by atoms with Crippen LogP contribution in [0.4, 0.5) is 0 Å². The van der Waals surface area contributed by atoms with Crippen LogP contribution in [0.3, 0.4) is 0 Å². The molecule has 0 amide bonds. The Morgan fingerprint density at radius 3 is 2.08 bits per heavy atom. The summed E-state index contributed by atoms with van der Waals surface area (Å²) in [6, 6.07) is 0. The van der Waals surface area contributed by atoms with Gasteiger partial charge in [-0.25, -0.2) is 9.78 Å². The highest BCUT2D eigenvalue weighted by molar-refractivity contribution is 4.31. The molecule has 0 spiro atoms. The van der Waals surface area contributed by atoms with Crippen molar-refractivity contribution in [3.63, 3.8) is 0 Å². The maximum absolute atomic E-state index is 8.33. The Hall–Kier alpha value is -0.200. The lowest BCUT2D eigenvalue weighted by Crippen LogP contribution is -2.06. The van der Waals surface area contributed by atoms with Gasteiger partial charge in [-0.3, -0.25) is 0 Å². The molecule has 2 N–H and O–H groups in total. The Labute approximate surface area is 71.8 Å². The van der Waals surface area contributed by atoms with Gasteiger partial charge in [-0.2, -0.15) is 0 Å². The van der Waals surface area contributed by atoms with E-state index in [-0.39, 0.29) is 19.8 Å². The van der Waals surface area contributed by atoms with Gasteiger partial charge in [0, 0.05) is 6.61 Å². The number of ether oxygens (including phenoxy) is 1. The topological polar surface area (TPSA) is 68.2 Å². The van der Waals surface area contributed by atoms with E-state index in [4.69, 9.17) is 14.9 Å². The highest BCUT2D eigenvalue weighted by Crippen LogP contribution is 1.85. The number of aliphatic hydroxyl groups excluding tert-OH is 2. The molecule has 0 atom stereocenters. The summed E-state index contributed by atoms with van der Waals surface area (Å²) in [5.74, 6) is 0. The molecule has 0 saturated carbocycles. The van der Waals surface area contributed by atoms with E-state index in [9.17, 15) is 0 Å². The normalized spacial score (nSPS) is 10.5. The molecule has 0 aromatic heterocycles.